The van der Waals surface area contributed by atoms with Crippen LogP contribution in [0.4, 0.5) is 17.1 Å². The number of pyridine rings is 1. The molecule has 1 amide bonds. The summed E-state index contributed by atoms with van der Waals surface area (Å²) in [7, 11) is 2.13. The molecule has 2 saturated heterocycles. The molecule has 0 radical (unpaired) electrons. The highest BCUT2D eigenvalue weighted by molar-refractivity contribution is 5.89. The fourth-order valence-electron chi connectivity index (χ4n) is 7.56. The molecule has 1 unspecified atom stereocenters. The molecule has 0 spiro atoms. The van der Waals surface area contributed by atoms with E-state index in [1.807, 2.05) is 11.1 Å². The number of hydrogen-bond acceptors (Lipinski definition) is 8. The molecule has 2 fully saturated rings. The van der Waals surface area contributed by atoms with Gasteiger partial charge in [-0.25, -0.2) is 4.98 Å². The SMILES string of the molecule is C=CC(=O)N1[C@H](C)CN(c2c(C#N)c(OC[C@@H]3CCCN3C)nc3c2CCN(c2c(C)ccc4c2N=CC4C)C3)C[C@@H]1C. The van der Waals surface area contributed by atoms with Crippen LogP contribution in [0, 0.1) is 18.3 Å². The van der Waals surface area contributed by atoms with Crippen LogP contribution in [0.2, 0.25) is 0 Å². The van der Waals surface area contributed by atoms with Crippen LogP contribution in [-0.4, -0.2) is 84.9 Å². The first-order valence-corrected chi connectivity index (χ1v) is 15.6. The van der Waals surface area contributed by atoms with Gasteiger partial charge in [0, 0.05) is 55.5 Å². The Hall–Kier alpha value is -3.90. The Morgan fingerprint density at radius 3 is 2.60 bits per heavy atom. The quantitative estimate of drug-likeness (QED) is 0.456. The minimum atomic E-state index is -0.0556. The molecule has 0 saturated carbocycles. The molecular weight excluding hydrogens is 538 g/mol. The number of likely N-dealkylation sites (tertiary alicyclic amines) is 1. The van der Waals surface area contributed by atoms with Crippen molar-refractivity contribution in [2.75, 3.05) is 49.6 Å². The van der Waals surface area contributed by atoms with E-state index >= 15 is 0 Å². The second kappa shape index (κ2) is 11.6. The number of benzene rings is 1. The predicted octanol–water partition coefficient (Wildman–Crippen LogP) is 4.73. The van der Waals surface area contributed by atoms with Gasteiger partial charge in [-0.3, -0.25) is 9.79 Å². The number of aromatic nitrogens is 1. The topological polar surface area (TPSA) is 88.3 Å². The van der Waals surface area contributed by atoms with Crippen LogP contribution in [0.5, 0.6) is 5.88 Å². The molecule has 0 N–H and O–H groups in total. The second-order valence-electron chi connectivity index (χ2n) is 12.7. The minimum absolute atomic E-state index is 0.0318. The summed E-state index contributed by atoms with van der Waals surface area (Å²) in [5, 5.41) is 10.6. The van der Waals surface area contributed by atoms with Crippen LogP contribution in [0.3, 0.4) is 0 Å². The average Bonchev–Trinajstić information content (AvgIpc) is 3.58. The summed E-state index contributed by atoms with van der Waals surface area (Å²) in [5.41, 5.74) is 8.20. The number of nitriles is 1. The van der Waals surface area contributed by atoms with Crippen LogP contribution in [-0.2, 0) is 17.8 Å². The van der Waals surface area contributed by atoms with Gasteiger partial charge in [-0.2, -0.15) is 5.26 Å². The molecule has 0 bridgehead atoms. The summed E-state index contributed by atoms with van der Waals surface area (Å²) in [6, 6.07) is 7.14. The Labute approximate surface area is 255 Å². The molecule has 4 atom stereocenters. The third-order valence-corrected chi connectivity index (χ3v) is 9.77. The van der Waals surface area contributed by atoms with E-state index in [4.69, 9.17) is 14.7 Å². The van der Waals surface area contributed by atoms with Crippen molar-refractivity contribution < 1.29 is 9.53 Å². The zero-order chi connectivity index (χ0) is 30.4. The summed E-state index contributed by atoms with van der Waals surface area (Å²) >= 11 is 0. The zero-order valence-electron chi connectivity index (χ0n) is 26.1. The Morgan fingerprint density at radius 2 is 1.93 bits per heavy atom. The highest BCUT2D eigenvalue weighted by atomic mass is 16.5. The lowest BCUT2D eigenvalue weighted by molar-refractivity contribution is -0.130. The number of carbonyl (C=O) groups excluding carboxylic acids is 1. The van der Waals surface area contributed by atoms with E-state index in [1.165, 1.54) is 22.9 Å². The first kappa shape index (κ1) is 29.2. The summed E-state index contributed by atoms with van der Waals surface area (Å²) in [6.07, 6.45) is 6.42. The molecule has 5 heterocycles. The minimum Gasteiger partial charge on any atom is -0.475 e. The Kier molecular flexibility index (Phi) is 7.91. The van der Waals surface area contributed by atoms with Crippen molar-refractivity contribution in [3.63, 3.8) is 0 Å². The lowest BCUT2D eigenvalue weighted by Crippen LogP contribution is -2.58. The molecule has 1 aromatic carbocycles. The molecule has 226 valence electrons. The van der Waals surface area contributed by atoms with Crippen LogP contribution in [0.25, 0.3) is 0 Å². The van der Waals surface area contributed by atoms with Crippen molar-refractivity contribution in [1.29, 1.82) is 5.26 Å². The summed E-state index contributed by atoms with van der Waals surface area (Å²) in [6.45, 7) is 16.4. The van der Waals surface area contributed by atoms with Crippen molar-refractivity contribution >= 4 is 29.2 Å². The molecule has 4 aliphatic heterocycles. The lowest BCUT2D eigenvalue weighted by Gasteiger charge is -2.46. The van der Waals surface area contributed by atoms with E-state index in [0.29, 0.717) is 49.6 Å². The third kappa shape index (κ3) is 5.16. The number of anilines is 2. The number of hydrogen-bond donors (Lipinski definition) is 0. The largest absolute Gasteiger partial charge is 0.475 e. The van der Waals surface area contributed by atoms with Gasteiger partial charge in [-0.1, -0.05) is 25.6 Å². The highest BCUT2D eigenvalue weighted by Gasteiger charge is 2.37. The first-order valence-electron chi connectivity index (χ1n) is 15.6. The van der Waals surface area contributed by atoms with Crippen molar-refractivity contribution in [1.82, 2.24) is 14.8 Å². The molecule has 2 aromatic rings. The number of aliphatic imine (C=N–C) groups is 1. The van der Waals surface area contributed by atoms with Gasteiger partial charge in [0.25, 0.3) is 0 Å². The number of rotatable bonds is 6. The predicted molar refractivity (Wildman–Crippen MR) is 171 cm³/mol. The second-order valence-corrected chi connectivity index (χ2v) is 12.7. The fraction of sp³-hybridized carbons (Fsp3) is 0.529. The van der Waals surface area contributed by atoms with E-state index in [-0.39, 0.29) is 18.0 Å². The van der Waals surface area contributed by atoms with Crippen LogP contribution in [0.15, 0.2) is 29.8 Å². The van der Waals surface area contributed by atoms with Gasteiger partial charge >= 0.3 is 0 Å². The summed E-state index contributed by atoms with van der Waals surface area (Å²) < 4.78 is 6.44. The number of piperazine rings is 1. The van der Waals surface area contributed by atoms with Crippen LogP contribution < -0.4 is 14.5 Å². The number of carbonyl (C=O) groups is 1. The Balaban J connectivity index is 1.40. The molecule has 6 rings (SSSR count). The third-order valence-electron chi connectivity index (χ3n) is 9.77. The molecule has 0 aliphatic carbocycles. The normalized spacial score (nSPS) is 25.0. The summed E-state index contributed by atoms with van der Waals surface area (Å²) in [4.78, 5) is 31.5. The zero-order valence-corrected chi connectivity index (χ0v) is 26.1. The molecule has 4 aliphatic rings. The van der Waals surface area contributed by atoms with Crippen molar-refractivity contribution in [3.05, 3.63) is 52.7 Å². The van der Waals surface area contributed by atoms with E-state index in [9.17, 15) is 10.1 Å². The van der Waals surface area contributed by atoms with Gasteiger partial charge in [0.1, 0.15) is 18.2 Å². The number of likely N-dealkylation sites (N-methyl/N-ethyl adjacent to an activating group) is 1. The van der Waals surface area contributed by atoms with E-state index < -0.39 is 0 Å². The van der Waals surface area contributed by atoms with E-state index in [1.54, 1.807) is 0 Å². The maximum atomic E-state index is 12.7. The molecule has 1 aromatic heterocycles. The maximum absolute atomic E-state index is 12.7. The molecular formula is C34H43N7O2. The number of amides is 1. The van der Waals surface area contributed by atoms with Crippen molar-refractivity contribution in [3.8, 4) is 11.9 Å². The van der Waals surface area contributed by atoms with Crippen LogP contribution in [0.1, 0.15) is 67.5 Å². The van der Waals surface area contributed by atoms with Crippen molar-refractivity contribution in [2.24, 2.45) is 4.99 Å². The Morgan fingerprint density at radius 1 is 1.16 bits per heavy atom. The molecule has 43 heavy (non-hydrogen) atoms. The Bertz CT molecular complexity index is 1500. The van der Waals surface area contributed by atoms with Gasteiger partial charge in [0.2, 0.25) is 11.8 Å². The highest BCUT2D eigenvalue weighted by Crippen LogP contribution is 2.45. The van der Waals surface area contributed by atoms with Crippen molar-refractivity contribution in [2.45, 2.75) is 77.5 Å². The standard InChI is InChI=1S/C34H43N7O2/c1-7-30(42)41-23(4)17-40(18-24(41)5)33-27-12-14-39(32-21(2)10-11-26-22(3)16-36-31(26)32)19-29(27)37-34(28(33)15-35)43-20-25-9-8-13-38(25)6/h7,10-11,16,22-25H,1,8-9,12-14,17-20H2,2-6H3/t22?,23-,24+,25-/m0/s1. The van der Waals surface area contributed by atoms with Gasteiger partial charge in [-0.15, -0.1) is 0 Å². The van der Waals surface area contributed by atoms with Gasteiger partial charge in [0.05, 0.1) is 29.3 Å². The van der Waals surface area contributed by atoms with Gasteiger partial charge in [-0.05, 0) is 70.8 Å². The average molecular weight is 582 g/mol. The smallest absolute Gasteiger partial charge is 0.246 e. The lowest BCUT2D eigenvalue weighted by atomic mass is 9.94. The first-order chi connectivity index (χ1) is 20.7. The fourth-order valence-corrected chi connectivity index (χ4v) is 7.56. The van der Waals surface area contributed by atoms with Gasteiger partial charge < -0.3 is 24.3 Å². The molecule has 9 nitrogen and oxygen atoms in total. The summed E-state index contributed by atoms with van der Waals surface area (Å²) in [5.74, 6) is 0.670. The number of ether oxygens (including phenoxy) is 1. The van der Waals surface area contributed by atoms with Gasteiger partial charge in [0.15, 0.2) is 0 Å². The number of aryl methyl sites for hydroxylation is 1. The number of nitrogens with zero attached hydrogens (tertiary/aromatic N) is 7. The van der Waals surface area contributed by atoms with E-state index in [2.05, 4.69) is 74.2 Å². The molecule has 9 heteroatoms. The maximum Gasteiger partial charge on any atom is 0.246 e. The van der Waals surface area contributed by atoms with Crippen LogP contribution >= 0.6 is 0 Å². The monoisotopic (exact) mass is 581 g/mol. The number of fused-ring (bicyclic) bond motifs is 2. The van der Waals surface area contributed by atoms with E-state index in [0.717, 1.165) is 55.0 Å².